The maximum atomic E-state index is 13.0. The quantitative estimate of drug-likeness (QED) is 0.154. The van der Waals surface area contributed by atoms with Gasteiger partial charge in [-0.05, 0) is 58.6 Å². The number of rotatable bonds is 14. The normalized spacial score (nSPS) is 11.0. The molecule has 4 nitrogen and oxygen atoms in total. The van der Waals surface area contributed by atoms with Crippen molar-refractivity contribution in [2.24, 2.45) is 0 Å². The first-order valence-corrected chi connectivity index (χ1v) is 15.3. The molecule has 35 heavy (non-hydrogen) atoms. The first-order valence-electron chi connectivity index (χ1n) is 11.8. The minimum atomic E-state index is 0.190. The maximum absolute atomic E-state index is 13.0. The van der Waals surface area contributed by atoms with Crippen molar-refractivity contribution in [1.82, 2.24) is 9.80 Å². The summed E-state index contributed by atoms with van der Waals surface area (Å²) in [7, 11) is 0. The highest BCUT2D eigenvalue weighted by Crippen LogP contribution is 2.21. The average Bonchev–Trinajstić information content (AvgIpc) is 3.67. The van der Waals surface area contributed by atoms with Crippen LogP contribution in [0.3, 0.4) is 0 Å². The van der Waals surface area contributed by atoms with E-state index in [1.54, 1.807) is 45.3 Å². The van der Waals surface area contributed by atoms with Gasteiger partial charge in [-0.15, -0.1) is 45.3 Å². The zero-order valence-electron chi connectivity index (χ0n) is 19.6. The predicted octanol–water partition coefficient (Wildman–Crippen LogP) is 7.64. The van der Waals surface area contributed by atoms with Crippen LogP contribution in [0.25, 0.3) is 0 Å². The van der Waals surface area contributed by atoms with Gasteiger partial charge in [-0.2, -0.15) is 0 Å². The van der Waals surface area contributed by atoms with E-state index in [2.05, 4.69) is 45.8 Å². The van der Waals surface area contributed by atoms with E-state index < -0.39 is 0 Å². The highest BCUT2D eigenvalue weighted by Gasteiger charge is 2.17. The van der Waals surface area contributed by atoms with Gasteiger partial charge in [0.2, 0.25) is 11.8 Å². The van der Waals surface area contributed by atoms with Gasteiger partial charge in [-0.25, -0.2) is 0 Å². The molecule has 4 aromatic rings. The van der Waals surface area contributed by atoms with Crippen LogP contribution in [0.15, 0.2) is 70.1 Å². The molecule has 2 amide bonds. The first kappa shape index (κ1) is 25.8. The number of carbonyl (C=O) groups excluding carboxylic acids is 2. The zero-order valence-corrected chi connectivity index (χ0v) is 22.9. The van der Waals surface area contributed by atoms with E-state index >= 15 is 0 Å². The number of thiophene rings is 4. The molecule has 0 saturated heterocycles. The molecule has 8 heteroatoms. The third kappa shape index (κ3) is 8.42. The van der Waals surface area contributed by atoms with Crippen molar-refractivity contribution in [3.8, 4) is 0 Å². The monoisotopic (exact) mass is 542 g/mol. The Morgan fingerprint density at radius 1 is 0.514 bits per heavy atom. The number of hydrogen-bond acceptors (Lipinski definition) is 6. The van der Waals surface area contributed by atoms with Crippen LogP contribution in [0.4, 0.5) is 0 Å². The Morgan fingerprint density at radius 3 is 1.09 bits per heavy atom. The maximum Gasteiger partial charge on any atom is 0.223 e. The lowest BCUT2D eigenvalue weighted by Crippen LogP contribution is -2.29. The standard InChI is InChI=1S/C27H30N2O2S4/c30-26(28(18-22-8-4-14-32-22)19-23-9-5-15-33-23)12-2-1-3-13-27(31)29(20-24-10-6-16-34-24)21-25-11-7-17-35-25/h4-11,14-17H,1-3,12-13,18-21H2. The summed E-state index contributed by atoms with van der Waals surface area (Å²) in [6.07, 6.45) is 3.56. The summed E-state index contributed by atoms with van der Waals surface area (Å²) in [5.74, 6) is 0.380. The van der Waals surface area contributed by atoms with E-state index in [1.165, 1.54) is 19.5 Å². The van der Waals surface area contributed by atoms with E-state index in [9.17, 15) is 9.59 Å². The molecule has 184 valence electrons. The molecule has 0 spiro atoms. The molecule has 0 bridgehead atoms. The van der Waals surface area contributed by atoms with Crippen molar-refractivity contribution >= 4 is 57.2 Å². The highest BCUT2D eigenvalue weighted by atomic mass is 32.1. The van der Waals surface area contributed by atoms with E-state index in [0.717, 1.165) is 19.3 Å². The second-order valence-electron chi connectivity index (χ2n) is 8.38. The summed E-state index contributed by atoms with van der Waals surface area (Å²) < 4.78 is 0. The first-order chi connectivity index (χ1) is 17.2. The van der Waals surface area contributed by atoms with Gasteiger partial charge in [0.25, 0.3) is 0 Å². The third-order valence-electron chi connectivity index (χ3n) is 5.69. The number of amides is 2. The van der Waals surface area contributed by atoms with Crippen molar-refractivity contribution in [3.05, 3.63) is 89.6 Å². The van der Waals surface area contributed by atoms with Crippen molar-refractivity contribution in [1.29, 1.82) is 0 Å². The van der Waals surface area contributed by atoms with Gasteiger partial charge >= 0.3 is 0 Å². The highest BCUT2D eigenvalue weighted by molar-refractivity contribution is 7.10. The Hall–Kier alpha value is -2.26. The molecule has 0 unspecified atom stereocenters. The zero-order chi connectivity index (χ0) is 24.3. The summed E-state index contributed by atoms with van der Waals surface area (Å²) >= 11 is 6.76. The van der Waals surface area contributed by atoms with Crippen LogP contribution in [0, 0.1) is 0 Å². The minimum Gasteiger partial charge on any atom is -0.332 e. The van der Waals surface area contributed by atoms with Gasteiger partial charge in [0.1, 0.15) is 0 Å². The van der Waals surface area contributed by atoms with Crippen LogP contribution >= 0.6 is 45.3 Å². The van der Waals surface area contributed by atoms with Crippen LogP contribution in [-0.2, 0) is 35.8 Å². The van der Waals surface area contributed by atoms with Crippen LogP contribution in [-0.4, -0.2) is 21.6 Å². The predicted molar refractivity (Wildman–Crippen MR) is 149 cm³/mol. The van der Waals surface area contributed by atoms with E-state index in [-0.39, 0.29) is 11.8 Å². The second-order valence-corrected chi connectivity index (χ2v) is 12.5. The Labute approximate surface area is 223 Å². The Kier molecular flexibility index (Phi) is 10.1. The molecule has 0 aliphatic rings. The van der Waals surface area contributed by atoms with Gasteiger partial charge in [0.15, 0.2) is 0 Å². The largest absolute Gasteiger partial charge is 0.332 e. The van der Waals surface area contributed by atoms with Crippen LogP contribution in [0.1, 0.15) is 51.6 Å². The summed E-state index contributed by atoms with van der Waals surface area (Å²) in [6, 6.07) is 16.5. The number of hydrogen-bond donors (Lipinski definition) is 0. The van der Waals surface area contributed by atoms with Gasteiger partial charge in [-0.1, -0.05) is 30.7 Å². The SMILES string of the molecule is O=C(CCCCCC(=O)N(Cc1cccs1)Cc1cccs1)N(Cc1cccs1)Cc1cccs1. The summed E-state index contributed by atoms with van der Waals surface area (Å²) in [6.45, 7) is 2.64. The average molecular weight is 543 g/mol. The third-order valence-corrected chi connectivity index (χ3v) is 9.14. The lowest BCUT2D eigenvalue weighted by Gasteiger charge is -2.22. The molecule has 0 aliphatic carbocycles. The Morgan fingerprint density at radius 2 is 0.829 bits per heavy atom. The Balaban J connectivity index is 1.23. The van der Waals surface area contributed by atoms with Crippen molar-refractivity contribution in [3.63, 3.8) is 0 Å². The summed E-state index contributed by atoms with van der Waals surface area (Å²) in [5, 5.41) is 8.22. The summed E-state index contributed by atoms with van der Waals surface area (Å²) in [4.78, 5) is 34.8. The molecule has 0 N–H and O–H groups in total. The molecule has 0 aliphatic heterocycles. The van der Waals surface area contributed by atoms with Crippen molar-refractivity contribution in [2.75, 3.05) is 0 Å². The molecule has 0 fully saturated rings. The summed E-state index contributed by atoms with van der Waals surface area (Å²) in [5.41, 5.74) is 0. The van der Waals surface area contributed by atoms with E-state index in [4.69, 9.17) is 0 Å². The van der Waals surface area contributed by atoms with Crippen LogP contribution < -0.4 is 0 Å². The lowest BCUT2D eigenvalue weighted by atomic mass is 10.1. The van der Waals surface area contributed by atoms with Crippen molar-refractivity contribution < 1.29 is 9.59 Å². The topological polar surface area (TPSA) is 40.6 Å². The minimum absolute atomic E-state index is 0.190. The number of unbranched alkanes of at least 4 members (excludes halogenated alkanes) is 2. The molecule has 0 radical (unpaired) electrons. The fraction of sp³-hybridized carbons (Fsp3) is 0.333. The molecule has 4 rings (SSSR count). The Bertz CT molecular complexity index is 957. The lowest BCUT2D eigenvalue weighted by molar-refractivity contribution is -0.132. The van der Waals surface area contributed by atoms with Crippen LogP contribution in [0.2, 0.25) is 0 Å². The smallest absolute Gasteiger partial charge is 0.223 e. The molecular formula is C27H30N2O2S4. The number of carbonyl (C=O) groups is 2. The fourth-order valence-electron chi connectivity index (χ4n) is 3.87. The van der Waals surface area contributed by atoms with Gasteiger partial charge in [0.05, 0.1) is 26.2 Å². The van der Waals surface area contributed by atoms with Crippen molar-refractivity contribution in [2.45, 2.75) is 58.3 Å². The molecule has 4 aromatic heterocycles. The van der Waals surface area contributed by atoms with Gasteiger partial charge in [-0.3, -0.25) is 9.59 Å². The molecular weight excluding hydrogens is 513 g/mol. The second kappa shape index (κ2) is 13.7. The van der Waals surface area contributed by atoms with Gasteiger partial charge in [0, 0.05) is 32.4 Å². The van der Waals surface area contributed by atoms with E-state index in [0.29, 0.717) is 39.0 Å². The molecule has 0 saturated carbocycles. The van der Waals surface area contributed by atoms with E-state index in [1.807, 2.05) is 34.1 Å². The molecule has 0 aromatic carbocycles. The fourth-order valence-corrected chi connectivity index (χ4v) is 6.75. The molecule has 4 heterocycles. The number of nitrogens with zero attached hydrogens (tertiary/aromatic N) is 2. The molecule has 0 atom stereocenters. The van der Waals surface area contributed by atoms with Crippen LogP contribution in [0.5, 0.6) is 0 Å². The van der Waals surface area contributed by atoms with Gasteiger partial charge < -0.3 is 9.80 Å².